The largest absolute Gasteiger partial charge is 0.495 e. The SMILES string of the molecule is COc1cncc(C(=O)C2CC3CCC2O3)c1. The normalized spacial score (nSPS) is 30.5. The predicted octanol–water partition coefficient (Wildman–Crippen LogP) is 1.84. The molecule has 4 nitrogen and oxygen atoms in total. The second-order valence-corrected chi connectivity index (χ2v) is 4.69. The minimum Gasteiger partial charge on any atom is -0.495 e. The average molecular weight is 233 g/mol. The van der Waals surface area contributed by atoms with Gasteiger partial charge in [0.1, 0.15) is 5.75 Å². The van der Waals surface area contributed by atoms with Gasteiger partial charge in [0.2, 0.25) is 0 Å². The summed E-state index contributed by atoms with van der Waals surface area (Å²) in [5, 5.41) is 0. The van der Waals surface area contributed by atoms with Crippen molar-refractivity contribution in [1.29, 1.82) is 0 Å². The lowest BCUT2D eigenvalue weighted by molar-refractivity contribution is 0.0743. The summed E-state index contributed by atoms with van der Waals surface area (Å²) in [6.07, 6.45) is 6.61. The number of nitrogens with zero attached hydrogens (tertiary/aromatic N) is 1. The Morgan fingerprint density at radius 2 is 2.35 bits per heavy atom. The molecule has 90 valence electrons. The van der Waals surface area contributed by atoms with Crippen LogP contribution in [0.25, 0.3) is 0 Å². The van der Waals surface area contributed by atoms with Crippen molar-refractivity contribution in [2.45, 2.75) is 31.5 Å². The van der Waals surface area contributed by atoms with Crippen LogP contribution in [-0.2, 0) is 4.74 Å². The molecule has 0 spiro atoms. The maximum absolute atomic E-state index is 12.3. The summed E-state index contributed by atoms with van der Waals surface area (Å²) < 4.78 is 10.8. The van der Waals surface area contributed by atoms with Gasteiger partial charge in [0, 0.05) is 11.8 Å². The maximum Gasteiger partial charge on any atom is 0.170 e. The van der Waals surface area contributed by atoms with Crippen LogP contribution in [-0.4, -0.2) is 30.1 Å². The molecule has 0 radical (unpaired) electrons. The Morgan fingerprint density at radius 1 is 1.47 bits per heavy atom. The van der Waals surface area contributed by atoms with Gasteiger partial charge >= 0.3 is 0 Å². The first kappa shape index (κ1) is 10.7. The fourth-order valence-electron chi connectivity index (χ4n) is 2.79. The highest BCUT2D eigenvalue weighted by Crippen LogP contribution is 2.40. The van der Waals surface area contributed by atoms with Crippen LogP contribution < -0.4 is 4.74 Å². The molecule has 17 heavy (non-hydrogen) atoms. The highest BCUT2D eigenvalue weighted by Gasteiger charge is 2.44. The summed E-state index contributed by atoms with van der Waals surface area (Å²) >= 11 is 0. The topological polar surface area (TPSA) is 48.4 Å². The Bertz CT molecular complexity index is 446. The van der Waals surface area contributed by atoms with Crippen LogP contribution in [0.3, 0.4) is 0 Å². The smallest absolute Gasteiger partial charge is 0.170 e. The number of Topliss-reactive ketones (excluding diaryl/α,β-unsaturated/α-hetero) is 1. The average Bonchev–Trinajstić information content (AvgIpc) is 3.00. The maximum atomic E-state index is 12.3. The highest BCUT2D eigenvalue weighted by atomic mass is 16.5. The quantitative estimate of drug-likeness (QED) is 0.747. The van der Waals surface area contributed by atoms with Gasteiger partial charge in [-0.3, -0.25) is 9.78 Å². The van der Waals surface area contributed by atoms with E-state index in [0.717, 1.165) is 19.3 Å². The summed E-state index contributed by atoms with van der Waals surface area (Å²) in [4.78, 5) is 16.4. The number of ether oxygens (including phenoxy) is 2. The van der Waals surface area contributed by atoms with Gasteiger partial charge in [-0.15, -0.1) is 0 Å². The second-order valence-electron chi connectivity index (χ2n) is 4.69. The lowest BCUT2D eigenvalue weighted by Gasteiger charge is -2.17. The number of hydrogen-bond acceptors (Lipinski definition) is 4. The standard InChI is InChI=1S/C13H15NO3/c1-16-10-4-8(6-14-7-10)13(15)11-5-9-2-3-12(11)17-9/h4,6-7,9,11-12H,2-3,5H2,1H3. The molecule has 2 aliphatic heterocycles. The van der Waals surface area contributed by atoms with Crippen LogP contribution in [0.1, 0.15) is 29.6 Å². The van der Waals surface area contributed by atoms with E-state index in [0.29, 0.717) is 17.4 Å². The number of rotatable bonds is 3. The first-order valence-corrected chi connectivity index (χ1v) is 5.96. The van der Waals surface area contributed by atoms with E-state index >= 15 is 0 Å². The lowest BCUT2D eigenvalue weighted by Crippen LogP contribution is -2.25. The minimum atomic E-state index is 0.0163. The Hall–Kier alpha value is -1.42. The zero-order chi connectivity index (χ0) is 11.8. The molecule has 0 saturated carbocycles. The molecule has 0 amide bonds. The Balaban J connectivity index is 1.81. The molecule has 1 aromatic rings. The van der Waals surface area contributed by atoms with Crippen molar-refractivity contribution in [3.63, 3.8) is 0 Å². The minimum absolute atomic E-state index is 0.0163. The first-order valence-electron chi connectivity index (χ1n) is 5.96. The van der Waals surface area contributed by atoms with Gasteiger partial charge < -0.3 is 9.47 Å². The van der Waals surface area contributed by atoms with Gasteiger partial charge in [-0.2, -0.15) is 0 Å². The lowest BCUT2D eigenvalue weighted by atomic mass is 9.84. The van der Waals surface area contributed by atoms with Gasteiger partial charge in [0.25, 0.3) is 0 Å². The van der Waals surface area contributed by atoms with Crippen molar-refractivity contribution in [2.24, 2.45) is 5.92 Å². The van der Waals surface area contributed by atoms with Gasteiger partial charge in [0.15, 0.2) is 5.78 Å². The van der Waals surface area contributed by atoms with Crippen LogP contribution in [0.15, 0.2) is 18.5 Å². The molecule has 2 bridgehead atoms. The van der Waals surface area contributed by atoms with E-state index in [4.69, 9.17) is 9.47 Å². The fraction of sp³-hybridized carbons (Fsp3) is 0.538. The van der Waals surface area contributed by atoms with Crippen molar-refractivity contribution < 1.29 is 14.3 Å². The zero-order valence-electron chi connectivity index (χ0n) is 9.76. The van der Waals surface area contributed by atoms with Crippen molar-refractivity contribution in [3.05, 3.63) is 24.0 Å². The number of fused-ring (bicyclic) bond motifs is 2. The third-order valence-corrected chi connectivity index (χ3v) is 3.68. The number of pyridine rings is 1. The highest BCUT2D eigenvalue weighted by molar-refractivity contribution is 5.98. The van der Waals surface area contributed by atoms with E-state index in [-0.39, 0.29) is 17.8 Å². The molecular formula is C13H15NO3. The van der Waals surface area contributed by atoms with Gasteiger partial charge in [-0.25, -0.2) is 0 Å². The molecule has 1 aromatic heterocycles. The van der Waals surface area contributed by atoms with Crippen LogP contribution in [0.2, 0.25) is 0 Å². The third-order valence-electron chi connectivity index (χ3n) is 3.68. The van der Waals surface area contributed by atoms with E-state index in [9.17, 15) is 4.79 Å². The third kappa shape index (κ3) is 1.82. The zero-order valence-corrected chi connectivity index (χ0v) is 9.76. The predicted molar refractivity (Wildman–Crippen MR) is 61.1 cm³/mol. The number of aromatic nitrogens is 1. The van der Waals surface area contributed by atoms with E-state index in [1.807, 2.05) is 0 Å². The molecule has 3 unspecified atom stereocenters. The Kier molecular flexibility index (Phi) is 2.59. The molecule has 3 atom stereocenters. The molecule has 3 heterocycles. The number of carbonyl (C=O) groups excluding carboxylic acids is 1. The van der Waals surface area contributed by atoms with Crippen LogP contribution in [0.5, 0.6) is 5.75 Å². The fourth-order valence-corrected chi connectivity index (χ4v) is 2.79. The van der Waals surface area contributed by atoms with Crippen molar-refractivity contribution in [2.75, 3.05) is 7.11 Å². The molecule has 0 aliphatic carbocycles. The molecule has 0 N–H and O–H groups in total. The van der Waals surface area contributed by atoms with Crippen molar-refractivity contribution in [3.8, 4) is 5.75 Å². The number of ketones is 1. The Labute approximate surface area is 99.9 Å². The molecule has 0 aromatic carbocycles. The van der Waals surface area contributed by atoms with Crippen LogP contribution in [0, 0.1) is 5.92 Å². The molecule has 3 rings (SSSR count). The summed E-state index contributed by atoms with van der Waals surface area (Å²) in [6, 6.07) is 1.75. The van der Waals surface area contributed by atoms with Gasteiger partial charge in [-0.1, -0.05) is 0 Å². The van der Waals surface area contributed by atoms with Crippen molar-refractivity contribution >= 4 is 5.78 Å². The van der Waals surface area contributed by atoms with Gasteiger partial charge in [-0.05, 0) is 25.3 Å². The van der Waals surface area contributed by atoms with E-state index in [1.165, 1.54) is 0 Å². The van der Waals surface area contributed by atoms with E-state index in [2.05, 4.69) is 4.98 Å². The van der Waals surface area contributed by atoms with E-state index in [1.54, 1.807) is 25.6 Å². The van der Waals surface area contributed by atoms with Crippen molar-refractivity contribution in [1.82, 2.24) is 4.98 Å². The summed E-state index contributed by atoms with van der Waals surface area (Å²) in [5.74, 6) is 0.784. The number of carbonyl (C=O) groups is 1. The monoisotopic (exact) mass is 233 g/mol. The molecule has 4 heteroatoms. The summed E-state index contributed by atoms with van der Waals surface area (Å²) in [7, 11) is 1.58. The van der Waals surface area contributed by atoms with E-state index < -0.39 is 0 Å². The number of hydrogen-bond donors (Lipinski definition) is 0. The number of methoxy groups -OCH3 is 1. The van der Waals surface area contributed by atoms with Gasteiger partial charge in [0.05, 0.1) is 31.4 Å². The molecule has 2 saturated heterocycles. The summed E-state index contributed by atoms with van der Waals surface area (Å²) in [6.45, 7) is 0. The first-order chi connectivity index (χ1) is 8.28. The van der Waals surface area contributed by atoms with Crippen LogP contribution in [0.4, 0.5) is 0 Å². The Morgan fingerprint density at radius 3 is 3.00 bits per heavy atom. The second kappa shape index (κ2) is 4.11. The molecule has 2 fully saturated rings. The molecule has 2 aliphatic rings. The summed E-state index contributed by atoms with van der Waals surface area (Å²) in [5.41, 5.74) is 0.630. The van der Waals surface area contributed by atoms with Crippen LogP contribution >= 0.6 is 0 Å². The molecular weight excluding hydrogens is 218 g/mol.